The number of ether oxygens (including phenoxy) is 2. The van der Waals surface area contributed by atoms with E-state index < -0.39 is 0 Å². The highest BCUT2D eigenvalue weighted by Gasteiger charge is 2.40. The highest BCUT2D eigenvalue weighted by Crippen LogP contribution is 2.68. The van der Waals surface area contributed by atoms with Crippen molar-refractivity contribution in [2.45, 2.75) is 10.9 Å². The van der Waals surface area contributed by atoms with Crippen LogP contribution in [-0.4, -0.2) is 24.1 Å². The van der Waals surface area contributed by atoms with E-state index in [4.69, 9.17) is 9.47 Å². The molecule has 0 spiro atoms. The van der Waals surface area contributed by atoms with Crippen LogP contribution in [0.2, 0.25) is 0 Å². The van der Waals surface area contributed by atoms with Gasteiger partial charge in [-0.3, -0.25) is 0 Å². The van der Waals surface area contributed by atoms with Gasteiger partial charge < -0.3 is 9.47 Å². The maximum Gasteiger partial charge on any atom is 0.179 e. The van der Waals surface area contributed by atoms with Crippen LogP contribution in [-0.2, 0) is 9.47 Å². The van der Waals surface area contributed by atoms with Gasteiger partial charge in [0.2, 0.25) is 0 Å². The second-order valence-electron chi connectivity index (χ2n) is 3.58. The first-order valence-corrected chi connectivity index (χ1v) is 10.4. The summed E-state index contributed by atoms with van der Waals surface area (Å²) in [7, 11) is 0. The second kappa shape index (κ2) is 5.55. The van der Waals surface area contributed by atoms with E-state index in [1.807, 2.05) is 70.6 Å². The Morgan fingerprint density at radius 2 is 1.44 bits per heavy atom. The fraction of sp³-hybridized carbons (Fsp3) is 0.400. The largest absolute Gasteiger partial charge is 0.348 e. The predicted octanol–water partition coefficient (Wildman–Crippen LogP) is 4.85. The summed E-state index contributed by atoms with van der Waals surface area (Å²) in [5, 5.41) is 4.31. The van der Waals surface area contributed by atoms with Gasteiger partial charge in [-0.2, -0.15) is 0 Å². The van der Waals surface area contributed by atoms with E-state index in [-0.39, 0.29) is 6.29 Å². The molecule has 0 N–H and O–H groups in total. The van der Waals surface area contributed by atoms with E-state index in [2.05, 4.69) is 10.8 Å². The third-order valence-corrected chi connectivity index (χ3v) is 11.0. The van der Waals surface area contributed by atoms with E-state index in [1.165, 1.54) is 16.9 Å². The van der Waals surface area contributed by atoms with Crippen LogP contribution in [0.3, 0.4) is 0 Å². The van der Waals surface area contributed by atoms with Crippen molar-refractivity contribution < 1.29 is 9.47 Å². The molecule has 1 saturated heterocycles. The van der Waals surface area contributed by atoms with E-state index in [0.717, 1.165) is 13.2 Å². The summed E-state index contributed by atoms with van der Waals surface area (Å²) in [6.07, 6.45) is -0.0280. The Morgan fingerprint density at radius 3 is 2.06 bits per heavy atom. The van der Waals surface area contributed by atoms with Gasteiger partial charge in [-0.25, -0.2) is 0 Å². The third kappa shape index (κ3) is 2.43. The summed E-state index contributed by atoms with van der Waals surface area (Å²) in [5.41, 5.74) is 0. The van der Waals surface area contributed by atoms with Crippen LogP contribution in [0.1, 0.15) is 0 Å². The maximum atomic E-state index is 5.59. The highest BCUT2D eigenvalue weighted by atomic mass is 32.3. The van der Waals surface area contributed by atoms with Gasteiger partial charge in [-0.05, 0) is 10.8 Å². The van der Waals surface area contributed by atoms with Crippen LogP contribution >= 0.6 is 70.6 Å². The topological polar surface area (TPSA) is 18.5 Å². The zero-order valence-corrected chi connectivity index (χ0v) is 13.9. The standard InChI is InChI=1S/C10H8O2S6/c1-2-12-5(11-1)6-15-9-10(16-6)18-8(17-9)7-13-3-4-14-7/h3-6H,1-2H2. The summed E-state index contributed by atoms with van der Waals surface area (Å²) in [4.78, 5) is 0. The molecule has 18 heavy (non-hydrogen) atoms. The lowest BCUT2D eigenvalue weighted by molar-refractivity contribution is -0.0271. The molecule has 0 bridgehead atoms. The molecule has 0 radical (unpaired) electrons. The van der Waals surface area contributed by atoms with Gasteiger partial charge >= 0.3 is 0 Å². The molecule has 96 valence electrons. The molecule has 4 aliphatic heterocycles. The quantitative estimate of drug-likeness (QED) is 0.658. The third-order valence-electron chi connectivity index (χ3n) is 2.43. The van der Waals surface area contributed by atoms with Crippen LogP contribution < -0.4 is 0 Å². The monoisotopic (exact) mass is 352 g/mol. The van der Waals surface area contributed by atoms with E-state index in [9.17, 15) is 0 Å². The molecule has 2 nitrogen and oxygen atoms in total. The zero-order chi connectivity index (χ0) is 11.9. The Kier molecular flexibility index (Phi) is 3.99. The van der Waals surface area contributed by atoms with Gasteiger partial charge in [0.25, 0.3) is 0 Å². The number of thioether (sulfide) groups is 6. The lowest BCUT2D eigenvalue weighted by Crippen LogP contribution is -2.19. The molecule has 0 saturated carbocycles. The number of rotatable bonds is 1. The molecule has 0 aromatic rings. The molecule has 4 heterocycles. The summed E-state index contributed by atoms with van der Waals surface area (Å²) in [5.74, 6) is 0. The minimum Gasteiger partial charge on any atom is -0.348 e. The SMILES string of the molecule is C1=CSC(=C2SC3=C(S2)SC(C2OCCO2)S3)S1. The number of hydrogen-bond donors (Lipinski definition) is 0. The number of hydrogen-bond acceptors (Lipinski definition) is 8. The van der Waals surface area contributed by atoms with Crippen LogP contribution in [0.4, 0.5) is 0 Å². The Balaban J connectivity index is 1.43. The minimum absolute atomic E-state index is 0.0280. The Labute approximate surface area is 131 Å². The molecule has 0 aromatic carbocycles. The maximum absolute atomic E-state index is 5.59. The Morgan fingerprint density at radius 1 is 0.833 bits per heavy atom. The summed E-state index contributed by atoms with van der Waals surface area (Å²) in [6.45, 7) is 1.48. The zero-order valence-electron chi connectivity index (χ0n) is 8.99. The van der Waals surface area contributed by atoms with Crippen LogP contribution in [0.25, 0.3) is 0 Å². The van der Waals surface area contributed by atoms with Gasteiger partial charge in [0.1, 0.15) is 4.58 Å². The summed E-state index contributed by atoms with van der Waals surface area (Å²) in [6, 6.07) is 0. The molecule has 4 aliphatic rings. The molecule has 0 atom stereocenters. The van der Waals surface area contributed by atoms with E-state index in [0.29, 0.717) is 4.58 Å². The summed E-state index contributed by atoms with van der Waals surface area (Å²) >= 11 is 11.3. The first-order chi connectivity index (χ1) is 8.90. The molecule has 1 fully saturated rings. The van der Waals surface area contributed by atoms with Crippen molar-refractivity contribution in [3.05, 3.63) is 27.8 Å². The van der Waals surface area contributed by atoms with Gasteiger partial charge in [-0.15, -0.1) is 0 Å². The average Bonchev–Trinajstić information content (AvgIpc) is 3.13. The van der Waals surface area contributed by atoms with Crippen LogP contribution in [0, 0.1) is 0 Å². The molecule has 8 heteroatoms. The molecule has 0 aromatic heterocycles. The first kappa shape index (κ1) is 12.9. The van der Waals surface area contributed by atoms with Crippen molar-refractivity contribution in [2.24, 2.45) is 0 Å². The average molecular weight is 353 g/mol. The molecule has 0 amide bonds. The van der Waals surface area contributed by atoms with E-state index >= 15 is 0 Å². The second-order valence-corrected chi connectivity index (χ2v) is 11.1. The Hall–Kier alpha value is 1.24. The fourth-order valence-electron chi connectivity index (χ4n) is 1.68. The highest BCUT2D eigenvalue weighted by molar-refractivity contribution is 8.47. The van der Waals surface area contributed by atoms with Crippen molar-refractivity contribution in [3.63, 3.8) is 0 Å². The minimum atomic E-state index is -0.0280. The van der Waals surface area contributed by atoms with Crippen molar-refractivity contribution >= 4 is 70.6 Å². The lowest BCUT2D eigenvalue weighted by atomic mass is 10.7. The smallest absolute Gasteiger partial charge is 0.179 e. The molecule has 0 aliphatic carbocycles. The molecular formula is C10H8O2S6. The fourth-order valence-corrected chi connectivity index (χ4v) is 10.7. The predicted molar refractivity (Wildman–Crippen MR) is 88.2 cm³/mol. The van der Waals surface area contributed by atoms with Gasteiger partial charge in [0, 0.05) is 0 Å². The van der Waals surface area contributed by atoms with E-state index in [1.54, 1.807) is 0 Å². The lowest BCUT2D eigenvalue weighted by Gasteiger charge is -2.16. The normalized spacial score (nSPS) is 29.1. The van der Waals surface area contributed by atoms with Gasteiger partial charge in [0.15, 0.2) is 6.29 Å². The van der Waals surface area contributed by atoms with Crippen molar-refractivity contribution in [2.75, 3.05) is 13.2 Å². The van der Waals surface area contributed by atoms with Crippen molar-refractivity contribution in [1.82, 2.24) is 0 Å². The molecule has 4 rings (SSSR count). The summed E-state index contributed by atoms with van der Waals surface area (Å²) < 4.78 is 17.3. The molecular weight excluding hydrogens is 345 g/mol. The van der Waals surface area contributed by atoms with Crippen LogP contribution in [0.15, 0.2) is 27.8 Å². The van der Waals surface area contributed by atoms with Crippen molar-refractivity contribution in [3.8, 4) is 0 Å². The Bertz CT molecular complexity index is 435. The van der Waals surface area contributed by atoms with Gasteiger partial charge in [0.05, 0.1) is 30.2 Å². The van der Waals surface area contributed by atoms with Gasteiger partial charge in [-0.1, -0.05) is 70.6 Å². The van der Waals surface area contributed by atoms with Crippen LogP contribution in [0.5, 0.6) is 0 Å². The first-order valence-electron chi connectivity index (χ1n) is 5.29. The molecule has 0 unspecified atom stereocenters. The van der Waals surface area contributed by atoms with Crippen molar-refractivity contribution in [1.29, 1.82) is 0 Å².